The number of aromatic carboxylic acids is 1. The lowest BCUT2D eigenvalue weighted by molar-refractivity contribution is -0.111. The molecular weight excluding hydrogens is 286 g/mol. The van der Waals surface area contributed by atoms with Crippen molar-refractivity contribution in [3.63, 3.8) is 0 Å². The Bertz CT molecular complexity index is 752. The van der Waals surface area contributed by atoms with Gasteiger partial charge in [-0.3, -0.25) is 4.79 Å². The van der Waals surface area contributed by atoms with E-state index in [1.54, 1.807) is 12.1 Å². The van der Waals surface area contributed by atoms with E-state index in [0.717, 1.165) is 0 Å². The molecule has 0 unspecified atom stereocenters. The van der Waals surface area contributed by atoms with Crippen LogP contribution in [0.5, 0.6) is 11.5 Å². The van der Waals surface area contributed by atoms with Crippen molar-refractivity contribution >= 4 is 23.6 Å². The summed E-state index contributed by atoms with van der Waals surface area (Å²) >= 11 is 0. The fraction of sp³-hybridized carbons (Fsp3) is 0. The Morgan fingerprint density at radius 2 is 1.73 bits per heavy atom. The van der Waals surface area contributed by atoms with Gasteiger partial charge in [0.25, 0.3) is 0 Å². The monoisotopic (exact) mass is 299 g/mol. The minimum absolute atomic E-state index is 0.00784. The molecule has 0 atom stereocenters. The van der Waals surface area contributed by atoms with Gasteiger partial charge in [0.15, 0.2) is 11.5 Å². The van der Waals surface area contributed by atoms with Crippen molar-refractivity contribution in [3.8, 4) is 11.5 Å². The smallest absolute Gasteiger partial charge is 0.337 e. The summed E-state index contributed by atoms with van der Waals surface area (Å²) < 4.78 is 0. The topological polar surface area (TPSA) is 107 Å². The predicted molar refractivity (Wildman–Crippen MR) is 80.8 cm³/mol. The molecule has 2 aromatic rings. The molecule has 0 heterocycles. The van der Waals surface area contributed by atoms with Gasteiger partial charge in [-0.15, -0.1) is 0 Å². The number of hydrogen-bond acceptors (Lipinski definition) is 4. The highest BCUT2D eigenvalue weighted by Gasteiger charge is 2.10. The number of nitrogens with one attached hydrogen (secondary N) is 1. The van der Waals surface area contributed by atoms with E-state index in [1.807, 2.05) is 0 Å². The molecule has 0 saturated heterocycles. The summed E-state index contributed by atoms with van der Waals surface area (Å²) in [6, 6.07) is 10.2. The second kappa shape index (κ2) is 6.45. The van der Waals surface area contributed by atoms with Gasteiger partial charge in [-0.2, -0.15) is 0 Å². The SMILES string of the molecule is O=C(C=Cc1ccc(O)c(O)c1)Nc1ccccc1C(=O)O. The van der Waals surface area contributed by atoms with Crippen LogP contribution >= 0.6 is 0 Å². The molecule has 0 fully saturated rings. The van der Waals surface area contributed by atoms with E-state index in [4.69, 9.17) is 5.11 Å². The van der Waals surface area contributed by atoms with Crippen molar-refractivity contribution in [3.05, 3.63) is 59.7 Å². The highest BCUT2D eigenvalue weighted by Crippen LogP contribution is 2.25. The minimum Gasteiger partial charge on any atom is -0.504 e. The lowest BCUT2D eigenvalue weighted by Crippen LogP contribution is -2.11. The van der Waals surface area contributed by atoms with Crippen LogP contribution in [-0.4, -0.2) is 27.2 Å². The largest absolute Gasteiger partial charge is 0.504 e. The summed E-state index contributed by atoms with van der Waals surface area (Å²) in [4.78, 5) is 22.8. The van der Waals surface area contributed by atoms with Crippen LogP contribution < -0.4 is 5.32 Å². The molecule has 6 nitrogen and oxygen atoms in total. The molecule has 4 N–H and O–H groups in total. The quantitative estimate of drug-likeness (QED) is 0.512. The molecule has 2 aromatic carbocycles. The third-order valence-corrected chi connectivity index (χ3v) is 2.84. The number of para-hydroxylation sites is 1. The van der Waals surface area contributed by atoms with E-state index in [9.17, 15) is 19.8 Å². The third-order valence-electron chi connectivity index (χ3n) is 2.84. The van der Waals surface area contributed by atoms with Crippen molar-refractivity contribution in [1.29, 1.82) is 0 Å². The minimum atomic E-state index is -1.14. The average molecular weight is 299 g/mol. The van der Waals surface area contributed by atoms with Gasteiger partial charge >= 0.3 is 5.97 Å². The lowest BCUT2D eigenvalue weighted by Gasteiger charge is -2.05. The number of carbonyl (C=O) groups excluding carboxylic acids is 1. The van der Waals surface area contributed by atoms with Crippen molar-refractivity contribution in [2.45, 2.75) is 0 Å². The van der Waals surface area contributed by atoms with Gasteiger partial charge in [0.1, 0.15) is 0 Å². The number of phenolic OH excluding ortho intramolecular Hbond substituents is 2. The Kier molecular flexibility index (Phi) is 4.43. The van der Waals surface area contributed by atoms with E-state index >= 15 is 0 Å². The van der Waals surface area contributed by atoms with Crippen LogP contribution in [0.25, 0.3) is 6.08 Å². The standard InChI is InChI=1S/C16H13NO5/c18-13-7-5-10(9-14(13)19)6-8-15(20)17-12-4-2-1-3-11(12)16(21)22/h1-9,18-19H,(H,17,20)(H,21,22). The van der Waals surface area contributed by atoms with Crippen LogP contribution in [0.15, 0.2) is 48.5 Å². The number of amides is 1. The number of carboxylic acids is 1. The number of benzene rings is 2. The zero-order valence-corrected chi connectivity index (χ0v) is 11.4. The fourth-order valence-corrected chi connectivity index (χ4v) is 1.77. The normalized spacial score (nSPS) is 10.5. The van der Waals surface area contributed by atoms with Crippen molar-refractivity contribution < 1.29 is 24.9 Å². The van der Waals surface area contributed by atoms with E-state index in [-0.39, 0.29) is 22.7 Å². The average Bonchev–Trinajstić information content (AvgIpc) is 2.49. The second-order valence-corrected chi connectivity index (χ2v) is 4.42. The molecular formula is C16H13NO5. The first-order valence-electron chi connectivity index (χ1n) is 6.31. The van der Waals surface area contributed by atoms with Crippen LogP contribution in [0.4, 0.5) is 5.69 Å². The van der Waals surface area contributed by atoms with Crippen LogP contribution in [0, 0.1) is 0 Å². The van der Waals surface area contributed by atoms with Crippen LogP contribution in [0.1, 0.15) is 15.9 Å². The first kappa shape index (κ1) is 15.1. The first-order valence-corrected chi connectivity index (χ1v) is 6.31. The van der Waals surface area contributed by atoms with Crippen molar-refractivity contribution in [2.24, 2.45) is 0 Å². The Hall–Kier alpha value is -3.28. The molecule has 0 bridgehead atoms. The molecule has 2 rings (SSSR count). The molecule has 0 spiro atoms. The Balaban J connectivity index is 2.11. The molecule has 0 saturated carbocycles. The summed E-state index contributed by atoms with van der Waals surface area (Å²) in [7, 11) is 0. The van der Waals surface area contributed by atoms with E-state index in [0.29, 0.717) is 5.56 Å². The summed E-state index contributed by atoms with van der Waals surface area (Å²) in [5.41, 5.74) is 0.696. The van der Waals surface area contributed by atoms with Crippen LogP contribution in [0.3, 0.4) is 0 Å². The first-order chi connectivity index (χ1) is 10.5. The lowest BCUT2D eigenvalue weighted by atomic mass is 10.1. The summed E-state index contributed by atoms with van der Waals surface area (Å²) in [5, 5.41) is 30.0. The summed E-state index contributed by atoms with van der Waals surface area (Å²) in [5.74, 6) is -2.19. The Labute approximate surface area is 126 Å². The third kappa shape index (κ3) is 3.63. The molecule has 6 heteroatoms. The zero-order valence-electron chi connectivity index (χ0n) is 11.4. The second-order valence-electron chi connectivity index (χ2n) is 4.42. The van der Waals surface area contributed by atoms with Crippen LogP contribution in [-0.2, 0) is 4.79 Å². The van der Waals surface area contributed by atoms with E-state index in [1.165, 1.54) is 42.5 Å². The van der Waals surface area contributed by atoms with Crippen molar-refractivity contribution in [1.82, 2.24) is 0 Å². The van der Waals surface area contributed by atoms with Crippen molar-refractivity contribution in [2.75, 3.05) is 5.32 Å². The number of anilines is 1. The number of hydrogen-bond donors (Lipinski definition) is 4. The molecule has 0 aliphatic carbocycles. The Morgan fingerprint density at radius 1 is 1.00 bits per heavy atom. The molecule has 0 aromatic heterocycles. The van der Waals surface area contributed by atoms with E-state index in [2.05, 4.69) is 5.32 Å². The van der Waals surface area contributed by atoms with E-state index < -0.39 is 11.9 Å². The maximum atomic E-state index is 11.8. The van der Waals surface area contributed by atoms with Gasteiger partial charge in [0.2, 0.25) is 5.91 Å². The van der Waals surface area contributed by atoms with Gasteiger partial charge < -0.3 is 20.6 Å². The van der Waals surface area contributed by atoms with Gasteiger partial charge in [0, 0.05) is 6.08 Å². The molecule has 1 amide bonds. The number of aromatic hydroxyl groups is 2. The van der Waals surface area contributed by atoms with Gasteiger partial charge in [-0.25, -0.2) is 4.79 Å². The number of rotatable bonds is 4. The fourth-order valence-electron chi connectivity index (χ4n) is 1.77. The zero-order chi connectivity index (χ0) is 16.1. The summed E-state index contributed by atoms with van der Waals surface area (Å²) in [6.07, 6.45) is 2.63. The maximum Gasteiger partial charge on any atom is 0.337 e. The molecule has 0 aliphatic heterocycles. The summed E-state index contributed by atoms with van der Waals surface area (Å²) in [6.45, 7) is 0. The van der Waals surface area contributed by atoms with Gasteiger partial charge in [-0.1, -0.05) is 18.2 Å². The molecule has 0 aliphatic rings. The molecule has 112 valence electrons. The van der Waals surface area contributed by atoms with Gasteiger partial charge in [0.05, 0.1) is 11.3 Å². The predicted octanol–water partition coefficient (Wildman–Crippen LogP) is 2.45. The Morgan fingerprint density at radius 3 is 2.41 bits per heavy atom. The van der Waals surface area contributed by atoms with Gasteiger partial charge in [-0.05, 0) is 35.9 Å². The number of carbonyl (C=O) groups is 2. The maximum absolute atomic E-state index is 11.8. The number of phenols is 2. The molecule has 0 radical (unpaired) electrons. The van der Waals surface area contributed by atoms with Crippen LogP contribution in [0.2, 0.25) is 0 Å². The highest BCUT2D eigenvalue weighted by molar-refractivity contribution is 6.06. The highest BCUT2D eigenvalue weighted by atomic mass is 16.4. The molecule has 22 heavy (non-hydrogen) atoms. The number of carboxylic acid groups (broad SMARTS) is 1.